The van der Waals surface area contributed by atoms with Crippen molar-refractivity contribution in [1.29, 1.82) is 0 Å². The Hall–Kier alpha value is -3.88. The molecule has 0 radical (unpaired) electrons. The molecule has 4 aromatic rings. The molecule has 0 saturated carbocycles. The molecular formula is C25H25FN6O2. The third-order valence-electron chi connectivity index (χ3n) is 6.28. The molecular weight excluding hydrogens is 435 g/mol. The van der Waals surface area contributed by atoms with Crippen LogP contribution in [0.1, 0.15) is 51.6 Å². The fourth-order valence-electron chi connectivity index (χ4n) is 4.58. The number of halogens is 1. The molecule has 1 N–H and O–H groups in total. The van der Waals surface area contributed by atoms with E-state index in [-0.39, 0.29) is 28.7 Å². The van der Waals surface area contributed by atoms with E-state index in [4.69, 9.17) is 0 Å². The molecule has 5 rings (SSSR count). The van der Waals surface area contributed by atoms with Crippen LogP contribution in [0.25, 0.3) is 11.2 Å². The number of carbonyl (C=O) groups is 1. The SMILES string of the molecule is Cc1cc(C)cc(C(=O)N2CCC(c3nc4c(nnn4Cc4ccc(F)cc4)c(=O)[nH]3)CC2)c1. The van der Waals surface area contributed by atoms with Gasteiger partial charge < -0.3 is 9.88 Å². The molecule has 1 aliphatic heterocycles. The molecule has 1 amide bonds. The summed E-state index contributed by atoms with van der Waals surface area (Å²) in [5.74, 6) is 0.323. The van der Waals surface area contributed by atoms with Gasteiger partial charge in [-0.25, -0.2) is 14.1 Å². The van der Waals surface area contributed by atoms with E-state index in [1.807, 2.05) is 30.9 Å². The van der Waals surface area contributed by atoms with Crippen LogP contribution in [0.5, 0.6) is 0 Å². The second kappa shape index (κ2) is 8.81. The molecule has 0 unspecified atom stereocenters. The largest absolute Gasteiger partial charge is 0.339 e. The lowest BCUT2D eigenvalue weighted by atomic mass is 9.95. The van der Waals surface area contributed by atoms with Crippen LogP contribution in [0.2, 0.25) is 0 Å². The van der Waals surface area contributed by atoms with Crippen molar-refractivity contribution in [3.63, 3.8) is 0 Å². The zero-order valence-electron chi connectivity index (χ0n) is 19.1. The van der Waals surface area contributed by atoms with Crippen molar-refractivity contribution in [2.75, 3.05) is 13.1 Å². The van der Waals surface area contributed by atoms with E-state index in [1.54, 1.807) is 16.8 Å². The Labute approximate surface area is 195 Å². The maximum absolute atomic E-state index is 13.2. The fraction of sp³-hybridized carbons (Fsp3) is 0.320. The summed E-state index contributed by atoms with van der Waals surface area (Å²) in [6.45, 7) is 5.49. The number of aryl methyl sites for hydroxylation is 2. The highest BCUT2D eigenvalue weighted by atomic mass is 19.1. The number of aromatic amines is 1. The van der Waals surface area contributed by atoms with Gasteiger partial charge in [0.05, 0.1) is 6.54 Å². The summed E-state index contributed by atoms with van der Waals surface area (Å²) in [5.41, 5.74) is 3.91. The predicted molar refractivity (Wildman–Crippen MR) is 125 cm³/mol. The first-order valence-electron chi connectivity index (χ1n) is 11.3. The maximum Gasteiger partial charge on any atom is 0.281 e. The van der Waals surface area contributed by atoms with E-state index in [2.05, 4.69) is 26.3 Å². The van der Waals surface area contributed by atoms with Crippen LogP contribution < -0.4 is 5.56 Å². The molecule has 9 heteroatoms. The zero-order valence-corrected chi connectivity index (χ0v) is 19.1. The number of nitrogens with zero attached hydrogens (tertiary/aromatic N) is 5. The number of likely N-dealkylation sites (tertiary alicyclic amines) is 1. The number of amides is 1. The minimum absolute atomic E-state index is 0.0227. The number of H-pyrrole nitrogens is 1. The van der Waals surface area contributed by atoms with Gasteiger partial charge in [0.25, 0.3) is 11.5 Å². The first kappa shape index (κ1) is 21.9. The standard InChI is InChI=1S/C25H25FN6O2/c1-15-11-16(2)13-19(12-15)25(34)31-9-7-18(8-10-31)22-27-23-21(24(33)28-22)29-30-32(23)14-17-3-5-20(26)6-4-17/h3-6,11-13,18H,7-10,14H2,1-2H3,(H,27,28,33). The van der Waals surface area contributed by atoms with E-state index in [1.165, 1.54) is 12.1 Å². The Kier molecular flexibility index (Phi) is 5.69. The van der Waals surface area contributed by atoms with Crippen LogP contribution in [0.15, 0.2) is 47.3 Å². The van der Waals surface area contributed by atoms with Gasteiger partial charge in [0.15, 0.2) is 11.2 Å². The Morgan fingerprint density at radius 3 is 2.44 bits per heavy atom. The number of carbonyl (C=O) groups excluding carboxylic acids is 1. The van der Waals surface area contributed by atoms with Gasteiger partial charge in [0.2, 0.25) is 0 Å². The van der Waals surface area contributed by atoms with Crippen molar-refractivity contribution in [2.24, 2.45) is 0 Å². The van der Waals surface area contributed by atoms with Gasteiger partial charge in [-0.3, -0.25) is 9.59 Å². The van der Waals surface area contributed by atoms with Gasteiger partial charge in [-0.2, -0.15) is 0 Å². The minimum Gasteiger partial charge on any atom is -0.339 e. The molecule has 0 aliphatic carbocycles. The number of piperidine rings is 1. The van der Waals surface area contributed by atoms with Crippen LogP contribution in [0, 0.1) is 19.7 Å². The van der Waals surface area contributed by atoms with E-state index in [0.29, 0.717) is 49.5 Å². The van der Waals surface area contributed by atoms with Crippen molar-refractivity contribution >= 4 is 17.1 Å². The summed E-state index contributed by atoms with van der Waals surface area (Å²) in [4.78, 5) is 35.1. The van der Waals surface area contributed by atoms with Crippen LogP contribution in [-0.2, 0) is 6.54 Å². The molecule has 3 heterocycles. The first-order valence-corrected chi connectivity index (χ1v) is 11.3. The monoisotopic (exact) mass is 460 g/mol. The smallest absolute Gasteiger partial charge is 0.281 e. The summed E-state index contributed by atoms with van der Waals surface area (Å²) in [6, 6.07) is 12.0. The van der Waals surface area contributed by atoms with Gasteiger partial charge in [-0.15, -0.1) is 5.10 Å². The summed E-state index contributed by atoms with van der Waals surface area (Å²) in [7, 11) is 0. The molecule has 2 aromatic carbocycles. The average Bonchev–Trinajstić information content (AvgIpc) is 3.23. The van der Waals surface area contributed by atoms with Gasteiger partial charge >= 0.3 is 0 Å². The normalized spacial score (nSPS) is 14.6. The lowest BCUT2D eigenvalue weighted by Crippen LogP contribution is -2.38. The van der Waals surface area contributed by atoms with Crippen molar-refractivity contribution < 1.29 is 9.18 Å². The van der Waals surface area contributed by atoms with Crippen molar-refractivity contribution in [1.82, 2.24) is 29.9 Å². The van der Waals surface area contributed by atoms with Crippen LogP contribution in [0.4, 0.5) is 4.39 Å². The third kappa shape index (κ3) is 4.33. The van der Waals surface area contributed by atoms with E-state index < -0.39 is 0 Å². The number of fused-ring (bicyclic) bond motifs is 1. The summed E-state index contributed by atoms with van der Waals surface area (Å²) < 4.78 is 14.8. The van der Waals surface area contributed by atoms with E-state index in [9.17, 15) is 14.0 Å². The number of aromatic nitrogens is 5. The molecule has 34 heavy (non-hydrogen) atoms. The highest BCUT2D eigenvalue weighted by Gasteiger charge is 2.27. The van der Waals surface area contributed by atoms with E-state index in [0.717, 1.165) is 16.7 Å². The second-order valence-corrected chi connectivity index (χ2v) is 8.94. The number of hydrogen-bond acceptors (Lipinski definition) is 5. The molecule has 0 bridgehead atoms. The first-order chi connectivity index (χ1) is 16.4. The molecule has 1 saturated heterocycles. The Morgan fingerprint density at radius 2 is 1.76 bits per heavy atom. The van der Waals surface area contributed by atoms with Gasteiger partial charge in [-0.05, 0) is 56.5 Å². The third-order valence-corrected chi connectivity index (χ3v) is 6.28. The molecule has 2 aromatic heterocycles. The Morgan fingerprint density at radius 1 is 1.09 bits per heavy atom. The number of nitrogens with one attached hydrogen (secondary N) is 1. The minimum atomic E-state index is -0.334. The van der Waals surface area contributed by atoms with Crippen molar-refractivity contribution in [3.05, 3.63) is 86.7 Å². The Balaban J connectivity index is 1.34. The molecule has 174 valence electrons. The van der Waals surface area contributed by atoms with Crippen molar-refractivity contribution in [3.8, 4) is 0 Å². The van der Waals surface area contributed by atoms with E-state index >= 15 is 0 Å². The van der Waals surface area contributed by atoms with Gasteiger partial charge in [-0.1, -0.05) is 34.5 Å². The fourth-order valence-corrected chi connectivity index (χ4v) is 4.58. The molecule has 0 atom stereocenters. The zero-order chi connectivity index (χ0) is 23.8. The van der Waals surface area contributed by atoms with Crippen molar-refractivity contribution in [2.45, 2.75) is 39.2 Å². The summed E-state index contributed by atoms with van der Waals surface area (Å²) in [5, 5.41) is 8.06. The molecule has 0 spiro atoms. The number of benzene rings is 2. The number of hydrogen-bond donors (Lipinski definition) is 1. The van der Waals surface area contributed by atoms with Crippen LogP contribution >= 0.6 is 0 Å². The average molecular weight is 461 g/mol. The highest BCUT2D eigenvalue weighted by molar-refractivity contribution is 5.94. The van der Waals surface area contributed by atoms with Crippen LogP contribution in [-0.4, -0.2) is 48.9 Å². The molecule has 8 nitrogen and oxygen atoms in total. The second-order valence-electron chi connectivity index (χ2n) is 8.94. The van der Waals surface area contributed by atoms with Gasteiger partial charge in [0.1, 0.15) is 11.6 Å². The lowest BCUT2D eigenvalue weighted by molar-refractivity contribution is 0.0711. The number of rotatable bonds is 4. The maximum atomic E-state index is 13.2. The summed E-state index contributed by atoms with van der Waals surface area (Å²) in [6.07, 6.45) is 1.40. The quantitative estimate of drug-likeness (QED) is 0.504. The topological polar surface area (TPSA) is 96.8 Å². The van der Waals surface area contributed by atoms with Crippen LogP contribution in [0.3, 0.4) is 0 Å². The molecule has 1 aliphatic rings. The Bertz CT molecular complexity index is 1400. The van der Waals surface area contributed by atoms with Gasteiger partial charge in [0, 0.05) is 24.6 Å². The summed E-state index contributed by atoms with van der Waals surface area (Å²) >= 11 is 0. The highest BCUT2D eigenvalue weighted by Crippen LogP contribution is 2.27. The lowest BCUT2D eigenvalue weighted by Gasteiger charge is -2.31. The molecule has 1 fully saturated rings. The predicted octanol–water partition coefficient (Wildman–Crippen LogP) is 3.34.